The molecule has 0 aliphatic rings. The monoisotopic (exact) mass is 896 g/mol. The lowest BCUT2D eigenvalue weighted by Crippen LogP contribution is -2.37. The fourth-order valence-electron chi connectivity index (χ4n) is 7.09. The van der Waals surface area contributed by atoms with Gasteiger partial charge in [-0.05, 0) is 70.6 Å². The average Bonchev–Trinajstić information content (AvgIpc) is 3.23. The molecule has 0 N–H and O–H groups in total. The first-order chi connectivity index (χ1) is 30.0. The van der Waals surface area contributed by atoms with E-state index in [1.165, 1.54) is 148 Å². The van der Waals surface area contributed by atoms with Crippen LogP contribution in [-0.4, -0.2) is 70.0 Å². The summed E-state index contributed by atoms with van der Waals surface area (Å²) in [7, 11) is 1.16. The first-order valence-corrected chi connectivity index (χ1v) is 27.2. The van der Waals surface area contributed by atoms with Gasteiger partial charge in [0.1, 0.15) is 19.8 Å². The smallest absolute Gasteiger partial charge is 0.306 e. The van der Waals surface area contributed by atoms with Crippen LogP contribution in [0.1, 0.15) is 232 Å². The molecule has 0 aromatic rings. The summed E-state index contributed by atoms with van der Waals surface area (Å²) < 4.78 is 34.0. The van der Waals surface area contributed by atoms with E-state index in [-0.39, 0.29) is 32.0 Å². The predicted octanol–water partition coefficient (Wildman–Crippen LogP) is 14.6. The minimum absolute atomic E-state index is 0.0325. The van der Waals surface area contributed by atoms with Crippen molar-refractivity contribution in [3.63, 3.8) is 0 Å². The van der Waals surface area contributed by atoms with Gasteiger partial charge in [0.15, 0.2) is 6.10 Å². The second kappa shape index (κ2) is 44.4. The summed E-state index contributed by atoms with van der Waals surface area (Å²) in [4.78, 5) is 37.7. The molecule has 62 heavy (non-hydrogen) atoms. The minimum Gasteiger partial charge on any atom is -0.756 e. The van der Waals surface area contributed by atoms with Gasteiger partial charge in [-0.25, -0.2) is 0 Å². The van der Waals surface area contributed by atoms with Gasteiger partial charge in [0.2, 0.25) is 0 Å². The highest BCUT2D eigenvalue weighted by molar-refractivity contribution is 7.45. The van der Waals surface area contributed by atoms with Crippen LogP contribution in [0.3, 0.4) is 0 Å². The van der Waals surface area contributed by atoms with Crippen LogP contribution in [0.15, 0.2) is 36.5 Å². The van der Waals surface area contributed by atoms with Crippen LogP contribution >= 0.6 is 7.82 Å². The summed E-state index contributed by atoms with van der Waals surface area (Å²) in [6, 6.07) is 0. The number of hydrogen-bond donors (Lipinski definition) is 0. The standard InChI is InChI=1S/C52H98NO8P/c1-6-8-10-12-14-16-18-20-22-24-25-26-27-29-30-32-34-36-38-40-42-44-51(54)58-48-50(49-60-62(56,57)59-47-46-53(3,4)5)61-52(55)45-43-41-39-37-35-33-31-28-23-21-19-17-15-13-11-9-7-2/h15,17,21,23-25,50H,6-14,16,18-20,22,26-49H2,1-5H3/b17-15-,23-21-,25-24-. The number of quaternary nitrogens is 1. The Hall–Kier alpha value is -1.77. The van der Waals surface area contributed by atoms with Gasteiger partial charge in [0.05, 0.1) is 27.7 Å². The van der Waals surface area contributed by atoms with Gasteiger partial charge in [0, 0.05) is 12.8 Å². The quantitative estimate of drug-likeness (QED) is 0.0195. The van der Waals surface area contributed by atoms with E-state index < -0.39 is 26.5 Å². The summed E-state index contributed by atoms with van der Waals surface area (Å²) in [6.45, 7) is 4.22. The number of rotatable bonds is 47. The van der Waals surface area contributed by atoms with E-state index in [1.54, 1.807) is 0 Å². The molecule has 0 aliphatic heterocycles. The number of carbonyl (C=O) groups is 2. The molecule has 0 saturated heterocycles. The van der Waals surface area contributed by atoms with Crippen molar-refractivity contribution in [1.29, 1.82) is 0 Å². The highest BCUT2D eigenvalue weighted by atomic mass is 31.2. The average molecular weight is 896 g/mol. The molecule has 0 saturated carbocycles. The number of hydrogen-bond acceptors (Lipinski definition) is 8. The molecule has 0 fully saturated rings. The molecule has 9 nitrogen and oxygen atoms in total. The third kappa shape index (κ3) is 47.7. The van der Waals surface area contributed by atoms with Crippen LogP contribution < -0.4 is 4.89 Å². The van der Waals surface area contributed by atoms with Crippen molar-refractivity contribution in [2.75, 3.05) is 47.5 Å². The van der Waals surface area contributed by atoms with Crippen molar-refractivity contribution in [3.05, 3.63) is 36.5 Å². The molecule has 0 aromatic heterocycles. The third-order valence-electron chi connectivity index (χ3n) is 11.1. The summed E-state index contributed by atoms with van der Waals surface area (Å²) >= 11 is 0. The zero-order valence-electron chi connectivity index (χ0n) is 41.1. The number of nitrogens with zero attached hydrogens (tertiary/aromatic N) is 1. The Balaban J connectivity index is 4.24. The fraction of sp³-hybridized carbons (Fsp3) is 0.846. The molecule has 0 rings (SSSR count). The van der Waals surface area contributed by atoms with Crippen LogP contribution in [-0.2, 0) is 32.7 Å². The molecule has 0 radical (unpaired) electrons. The van der Waals surface area contributed by atoms with E-state index in [1.807, 2.05) is 21.1 Å². The van der Waals surface area contributed by atoms with Gasteiger partial charge in [0.25, 0.3) is 7.82 Å². The van der Waals surface area contributed by atoms with Crippen molar-refractivity contribution in [2.24, 2.45) is 0 Å². The molecule has 2 unspecified atom stereocenters. The lowest BCUT2D eigenvalue weighted by Gasteiger charge is -2.28. The number of phosphoric ester groups is 1. The fourth-order valence-corrected chi connectivity index (χ4v) is 7.82. The lowest BCUT2D eigenvalue weighted by molar-refractivity contribution is -0.870. The third-order valence-corrected chi connectivity index (χ3v) is 12.1. The second-order valence-corrected chi connectivity index (χ2v) is 19.9. The molecular formula is C52H98NO8P. The van der Waals surface area contributed by atoms with Crippen LogP contribution in [0, 0.1) is 0 Å². The molecule has 0 aromatic carbocycles. The summed E-state index contributed by atoms with van der Waals surface area (Å²) in [6.07, 6.45) is 51.7. The van der Waals surface area contributed by atoms with Crippen LogP contribution in [0.2, 0.25) is 0 Å². The molecule has 364 valence electrons. The van der Waals surface area contributed by atoms with Crippen LogP contribution in [0.25, 0.3) is 0 Å². The normalized spacial score (nSPS) is 13.7. The highest BCUT2D eigenvalue weighted by Crippen LogP contribution is 2.38. The molecular weight excluding hydrogens is 798 g/mol. The number of esters is 2. The van der Waals surface area contributed by atoms with Crippen molar-refractivity contribution < 1.29 is 42.1 Å². The predicted molar refractivity (Wildman–Crippen MR) is 259 cm³/mol. The van der Waals surface area contributed by atoms with Gasteiger partial charge in [-0.1, -0.05) is 185 Å². The summed E-state index contributed by atoms with van der Waals surface area (Å²) in [5.41, 5.74) is 0. The van der Waals surface area contributed by atoms with E-state index in [9.17, 15) is 19.0 Å². The highest BCUT2D eigenvalue weighted by Gasteiger charge is 2.21. The lowest BCUT2D eigenvalue weighted by atomic mass is 10.1. The number of allylic oxidation sites excluding steroid dienone is 6. The zero-order chi connectivity index (χ0) is 45.7. The SMILES string of the molecule is CCCCC/C=C\C/C=C\CCCCCCCCCC(=O)OC(COC(=O)CCCCCCCCCCC/C=C\CCCCCCCCCC)COP(=O)([O-])OCC[N+](C)(C)C. The Bertz CT molecular complexity index is 1150. The van der Waals surface area contributed by atoms with Gasteiger partial charge >= 0.3 is 11.9 Å². The Kier molecular flexibility index (Phi) is 43.2. The van der Waals surface area contributed by atoms with Crippen molar-refractivity contribution in [3.8, 4) is 0 Å². The molecule has 2 atom stereocenters. The number of carbonyl (C=O) groups excluding carboxylic acids is 2. The summed E-state index contributed by atoms with van der Waals surface area (Å²) in [5.74, 6) is -0.839. The van der Waals surface area contributed by atoms with Gasteiger partial charge in [-0.3, -0.25) is 14.2 Å². The molecule has 0 heterocycles. The maximum atomic E-state index is 12.7. The van der Waals surface area contributed by atoms with E-state index in [4.69, 9.17) is 18.5 Å². The molecule has 0 bridgehead atoms. The van der Waals surface area contributed by atoms with E-state index in [0.717, 1.165) is 51.4 Å². The number of unbranched alkanes of at least 4 members (excludes halogenated alkanes) is 27. The van der Waals surface area contributed by atoms with Crippen LogP contribution in [0.4, 0.5) is 0 Å². The Labute approximate surface area is 382 Å². The van der Waals surface area contributed by atoms with Gasteiger partial charge < -0.3 is 27.9 Å². The van der Waals surface area contributed by atoms with Gasteiger partial charge in [-0.2, -0.15) is 0 Å². The molecule has 0 spiro atoms. The van der Waals surface area contributed by atoms with E-state index in [0.29, 0.717) is 17.4 Å². The maximum Gasteiger partial charge on any atom is 0.306 e. The van der Waals surface area contributed by atoms with Crippen LogP contribution in [0.5, 0.6) is 0 Å². The summed E-state index contributed by atoms with van der Waals surface area (Å²) in [5, 5.41) is 0. The molecule has 0 aliphatic carbocycles. The topological polar surface area (TPSA) is 111 Å². The van der Waals surface area contributed by atoms with E-state index in [2.05, 4.69) is 50.3 Å². The Morgan fingerprint density at radius 2 is 0.871 bits per heavy atom. The first kappa shape index (κ1) is 60.2. The number of ether oxygens (including phenoxy) is 2. The van der Waals surface area contributed by atoms with Crippen molar-refractivity contribution in [1.82, 2.24) is 0 Å². The first-order valence-electron chi connectivity index (χ1n) is 25.7. The maximum absolute atomic E-state index is 12.7. The van der Waals surface area contributed by atoms with Gasteiger partial charge in [-0.15, -0.1) is 0 Å². The Morgan fingerprint density at radius 3 is 1.32 bits per heavy atom. The molecule has 0 amide bonds. The minimum atomic E-state index is -4.63. The number of likely N-dealkylation sites (N-methyl/N-ethyl adjacent to an activating group) is 1. The largest absolute Gasteiger partial charge is 0.756 e. The number of phosphoric acid groups is 1. The zero-order valence-corrected chi connectivity index (χ0v) is 42.0. The van der Waals surface area contributed by atoms with Crippen molar-refractivity contribution in [2.45, 2.75) is 238 Å². The van der Waals surface area contributed by atoms with E-state index >= 15 is 0 Å². The second-order valence-electron chi connectivity index (χ2n) is 18.5. The van der Waals surface area contributed by atoms with Crippen molar-refractivity contribution >= 4 is 19.8 Å². The Morgan fingerprint density at radius 1 is 0.500 bits per heavy atom. The molecule has 10 heteroatoms.